The van der Waals surface area contributed by atoms with Crippen molar-refractivity contribution in [2.45, 2.75) is 64.4 Å². The third-order valence-electron chi connectivity index (χ3n) is 7.34. The molecule has 0 amide bonds. The summed E-state index contributed by atoms with van der Waals surface area (Å²) < 4.78 is 5.98. The van der Waals surface area contributed by atoms with Crippen LogP contribution < -0.4 is 0 Å². The molecule has 0 bridgehead atoms. The molecule has 3 heteroatoms. The molecule has 3 nitrogen and oxygen atoms in total. The van der Waals surface area contributed by atoms with Crippen LogP contribution in [-0.4, -0.2) is 17.4 Å². The first kappa shape index (κ1) is 17.5. The number of carbonyl (C=O) groups is 2. The quantitative estimate of drug-likeness (QED) is 0.539. The average molecular weight is 352 g/mol. The lowest BCUT2D eigenvalue weighted by Gasteiger charge is -2.49. The minimum atomic E-state index is -0.476. The Hall–Kier alpha value is -1.90. The Balaban J connectivity index is 1.79. The van der Waals surface area contributed by atoms with Gasteiger partial charge >= 0.3 is 5.97 Å². The first-order valence-corrected chi connectivity index (χ1v) is 9.87. The molecule has 4 aliphatic carbocycles. The second-order valence-electron chi connectivity index (χ2n) is 8.56. The van der Waals surface area contributed by atoms with E-state index in [9.17, 15) is 9.59 Å². The third-order valence-corrected chi connectivity index (χ3v) is 7.34. The second-order valence-corrected chi connectivity index (χ2v) is 8.56. The maximum atomic E-state index is 11.9. The van der Waals surface area contributed by atoms with Crippen molar-refractivity contribution in [3.8, 4) is 0 Å². The monoisotopic (exact) mass is 352 g/mol. The first-order valence-electron chi connectivity index (χ1n) is 9.87. The summed E-state index contributed by atoms with van der Waals surface area (Å²) in [4.78, 5) is 23.7. The molecular weight excluding hydrogens is 324 g/mol. The maximum absolute atomic E-state index is 11.9. The highest BCUT2D eigenvalue weighted by Crippen LogP contribution is 2.63. The molecule has 0 aromatic heterocycles. The van der Waals surface area contributed by atoms with Crippen LogP contribution in [0.1, 0.15) is 58.8 Å². The Morgan fingerprint density at radius 1 is 1.35 bits per heavy atom. The average Bonchev–Trinajstić information content (AvgIpc) is 2.86. The maximum Gasteiger partial charge on any atom is 0.303 e. The first-order chi connectivity index (χ1) is 12.4. The molecule has 1 fully saturated rings. The number of hydrogen-bond donors (Lipinski definition) is 0. The van der Waals surface area contributed by atoms with Crippen LogP contribution in [0.5, 0.6) is 0 Å². The summed E-state index contributed by atoms with van der Waals surface area (Å²) in [6, 6.07) is 0. The number of rotatable bonds is 3. The summed E-state index contributed by atoms with van der Waals surface area (Å²) in [5, 5.41) is 0. The standard InChI is InChI=1S/C23H28O3/c1-4-11-23(26-15(2)24)13-10-21-20-7-5-16-14-17(25)6-8-18(16)19(20)9-12-22(21,23)3/h4,9,12,14,20-21H,1,5-8,10-11,13H2,2-3H3/t20-,21+,22+,23+/m1/s1. The highest BCUT2D eigenvalue weighted by molar-refractivity contribution is 5.93. The Kier molecular flexibility index (Phi) is 4.09. The van der Waals surface area contributed by atoms with Crippen LogP contribution in [0.4, 0.5) is 0 Å². The minimum Gasteiger partial charge on any atom is -0.458 e. The van der Waals surface area contributed by atoms with Crippen molar-refractivity contribution in [1.82, 2.24) is 0 Å². The summed E-state index contributed by atoms with van der Waals surface area (Å²) in [5.41, 5.74) is 3.47. The molecule has 0 unspecified atom stereocenters. The van der Waals surface area contributed by atoms with E-state index < -0.39 is 5.60 Å². The van der Waals surface area contributed by atoms with E-state index in [4.69, 9.17) is 4.74 Å². The van der Waals surface area contributed by atoms with Gasteiger partial charge in [0, 0.05) is 25.2 Å². The van der Waals surface area contributed by atoms with Crippen LogP contribution in [0, 0.1) is 17.3 Å². The van der Waals surface area contributed by atoms with E-state index in [0.29, 0.717) is 24.7 Å². The van der Waals surface area contributed by atoms with Crippen molar-refractivity contribution in [3.63, 3.8) is 0 Å². The minimum absolute atomic E-state index is 0.159. The van der Waals surface area contributed by atoms with E-state index in [0.717, 1.165) is 32.1 Å². The number of allylic oxidation sites excluding steroid dienone is 5. The fourth-order valence-electron chi connectivity index (χ4n) is 6.13. The van der Waals surface area contributed by atoms with Gasteiger partial charge in [-0.1, -0.05) is 25.2 Å². The fraction of sp³-hybridized carbons (Fsp3) is 0.565. The molecule has 0 saturated heterocycles. The van der Waals surface area contributed by atoms with Gasteiger partial charge in [0.1, 0.15) is 5.60 Å². The van der Waals surface area contributed by atoms with Crippen molar-refractivity contribution in [2.24, 2.45) is 17.3 Å². The van der Waals surface area contributed by atoms with Gasteiger partial charge < -0.3 is 4.74 Å². The lowest BCUT2D eigenvalue weighted by atomic mass is 9.57. The van der Waals surface area contributed by atoms with Gasteiger partial charge in [-0.2, -0.15) is 0 Å². The van der Waals surface area contributed by atoms with Gasteiger partial charge in [0.15, 0.2) is 5.78 Å². The molecule has 4 rings (SSSR count). The predicted octanol–water partition coefficient (Wildman–Crippen LogP) is 4.85. The highest BCUT2D eigenvalue weighted by Gasteiger charge is 2.61. The van der Waals surface area contributed by atoms with E-state index in [2.05, 4.69) is 25.7 Å². The molecule has 0 aromatic rings. The molecule has 4 atom stereocenters. The number of ether oxygens (including phenoxy) is 1. The van der Waals surface area contributed by atoms with Crippen LogP contribution in [0.2, 0.25) is 0 Å². The molecule has 0 spiro atoms. The van der Waals surface area contributed by atoms with E-state index in [1.807, 2.05) is 12.2 Å². The molecular formula is C23H28O3. The van der Waals surface area contributed by atoms with Gasteiger partial charge in [0.2, 0.25) is 0 Å². The van der Waals surface area contributed by atoms with Crippen molar-refractivity contribution in [3.05, 3.63) is 47.6 Å². The smallest absolute Gasteiger partial charge is 0.303 e. The normalized spacial score (nSPS) is 38.2. The molecule has 0 aromatic carbocycles. The zero-order valence-electron chi connectivity index (χ0n) is 15.8. The summed E-state index contributed by atoms with van der Waals surface area (Å²) in [6.45, 7) is 7.70. The molecule has 0 heterocycles. The molecule has 4 aliphatic rings. The zero-order valence-corrected chi connectivity index (χ0v) is 15.8. The molecule has 0 radical (unpaired) electrons. The lowest BCUT2D eigenvalue weighted by Crippen LogP contribution is -2.49. The van der Waals surface area contributed by atoms with E-state index >= 15 is 0 Å². The van der Waals surface area contributed by atoms with Crippen LogP contribution in [0.15, 0.2) is 47.6 Å². The summed E-state index contributed by atoms with van der Waals surface area (Å²) in [6.07, 6.45) is 14.6. The topological polar surface area (TPSA) is 43.4 Å². The number of fused-ring (bicyclic) bond motifs is 4. The molecule has 0 N–H and O–H groups in total. The number of hydrogen-bond acceptors (Lipinski definition) is 3. The van der Waals surface area contributed by atoms with Gasteiger partial charge in [-0.25, -0.2) is 0 Å². The fourth-order valence-corrected chi connectivity index (χ4v) is 6.13. The van der Waals surface area contributed by atoms with Crippen molar-refractivity contribution in [1.29, 1.82) is 0 Å². The molecule has 138 valence electrons. The van der Waals surface area contributed by atoms with Crippen LogP contribution in [0.3, 0.4) is 0 Å². The Morgan fingerprint density at radius 3 is 2.88 bits per heavy atom. The third kappa shape index (κ3) is 2.39. The number of ketones is 1. The largest absolute Gasteiger partial charge is 0.458 e. The zero-order chi connectivity index (χ0) is 18.5. The molecule has 0 aliphatic heterocycles. The number of esters is 1. The van der Waals surface area contributed by atoms with Crippen LogP contribution in [0.25, 0.3) is 0 Å². The van der Waals surface area contributed by atoms with Gasteiger partial charge in [0.05, 0.1) is 0 Å². The summed E-state index contributed by atoms with van der Waals surface area (Å²) in [5.74, 6) is 1.06. The van der Waals surface area contributed by atoms with Gasteiger partial charge in [0.25, 0.3) is 0 Å². The Bertz CT molecular complexity index is 768. The van der Waals surface area contributed by atoms with Gasteiger partial charge in [-0.15, -0.1) is 6.58 Å². The lowest BCUT2D eigenvalue weighted by molar-refractivity contribution is -0.167. The van der Waals surface area contributed by atoms with Crippen molar-refractivity contribution < 1.29 is 14.3 Å². The highest BCUT2D eigenvalue weighted by atomic mass is 16.6. The van der Waals surface area contributed by atoms with E-state index in [1.165, 1.54) is 23.6 Å². The van der Waals surface area contributed by atoms with E-state index in [-0.39, 0.29) is 17.2 Å². The second kappa shape index (κ2) is 6.07. The van der Waals surface area contributed by atoms with Gasteiger partial charge in [-0.05, 0) is 66.7 Å². The van der Waals surface area contributed by atoms with Crippen molar-refractivity contribution in [2.75, 3.05) is 0 Å². The predicted molar refractivity (Wildman–Crippen MR) is 101 cm³/mol. The SMILES string of the molecule is C=CC[C@]1(OC(C)=O)CC[C@H]2[C@@H]3CCC4=CC(=O)CCC4=C3C=C[C@@]21C. The summed E-state index contributed by atoms with van der Waals surface area (Å²) in [7, 11) is 0. The Labute approximate surface area is 155 Å². The Morgan fingerprint density at radius 2 is 2.15 bits per heavy atom. The molecule has 1 saturated carbocycles. The van der Waals surface area contributed by atoms with Crippen LogP contribution in [-0.2, 0) is 14.3 Å². The van der Waals surface area contributed by atoms with Crippen LogP contribution >= 0.6 is 0 Å². The van der Waals surface area contributed by atoms with E-state index in [1.54, 1.807) is 0 Å². The van der Waals surface area contributed by atoms with Crippen molar-refractivity contribution >= 4 is 11.8 Å². The summed E-state index contributed by atoms with van der Waals surface area (Å²) >= 11 is 0. The molecule has 26 heavy (non-hydrogen) atoms. The van der Waals surface area contributed by atoms with Gasteiger partial charge in [-0.3, -0.25) is 9.59 Å². The number of carbonyl (C=O) groups excluding carboxylic acids is 2.